The first-order valence-electron chi connectivity index (χ1n) is 11.2. The second-order valence-electron chi connectivity index (χ2n) is 8.45. The third-order valence-electron chi connectivity index (χ3n) is 6.28. The van der Waals surface area contributed by atoms with Crippen LogP contribution in [0, 0.1) is 11.8 Å². The van der Waals surface area contributed by atoms with E-state index in [0.29, 0.717) is 5.56 Å². The van der Waals surface area contributed by atoms with Gasteiger partial charge in [0.2, 0.25) is 0 Å². The fourth-order valence-corrected chi connectivity index (χ4v) is 4.51. The SMILES string of the molecule is O=C(OC1CCCCC1)c1ccc(C#Cc2ccc(C3CCCCC3)cc2)cc1. The number of ether oxygens (including phenoxy) is 1. The average Bonchev–Trinajstić information content (AvgIpc) is 2.80. The lowest BCUT2D eigenvalue weighted by Gasteiger charge is -2.21. The maximum Gasteiger partial charge on any atom is 0.338 e. The van der Waals surface area contributed by atoms with Crippen LogP contribution in [0.5, 0.6) is 0 Å². The van der Waals surface area contributed by atoms with Crippen LogP contribution < -0.4 is 0 Å². The molecule has 0 N–H and O–H groups in total. The Morgan fingerprint density at radius 3 is 1.79 bits per heavy atom. The van der Waals surface area contributed by atoms with E-state index < -0.39 is 0 Å². The Kier molecular flexibility index (Phi) is 6.67. The molecule has 0 atom stereocenters. The largest absolute Gasteiger partial charge is 0.459 e. The third-order valence-corrected chi connectivity index (χ3v) is 6.28. The predicted octanol–water partition coefficient (Wildman–Crippen LogP) is 6.62. The van der Waals surface area contributed by atoms with Gasteiger partial charge in [0.05, 0.1) is 5.56 Å². The van der Waals surface area contributed by atoms with E-state index in [1.54, 1.807) is 0 Å². The van der Waals surface area contributed by atoms with Gasteiger partial charge in [0.1, 0.15) is 6.10 Å². The first kappa shape index (κ1) is 19.8. The molecule has 4 rings (SSSR count). The maximum atomic E-state index is 12.3. The van der Waals surface area contributed by atoms with Crippen LogP contribution in [-0.4, -0.2) is 12.1 Å². The molecule has 0 aliphatic heterocycles. The highest BCUT2D eigenvalue weighted by Gasteiger charge is 2.18. The van der Waals surface area contributed by atoms with Gasteiger partial charge in [0.25, 0.3) is 0 Å². The van der Waals surface area contributed by atoms with Crippen molar-refractivity contribution in [2.24, 2.45) is 0 Å². The van der Waals surface area contributed by atoms with Gasteiger partial charge in [0.15, 0.2) is 0 Å². The molecule has 2 aromatic carbocycles. The van der Waals surface area contributed by atoms with Gasteiger partial charge < -0.3 is 4.74 Å². The molecule has 0 amide bonds. The van der Waals surface area contributed by atoms with Crippen LogP contribution in [0.4, 0.5) is 0 Å². The molecular weight excluding hydrogens is 356 g/mol. The minimum atomic E-state index is -0.213. The van der Waals surface area contributed by atoms with Crippen LogP contribution >= 0.6 is 0 Å². The summed E-state index contributed by atoms with van der Waals surface area (Å²) in [5.74, 6) is 6.96. The van der Waals surface area contributed by atoms with E-state index in [1.165, 1.54) is 44.1 Å². The molecule has 2 heteroatoms. The van der Waals surface area contributed by atoms with Crippen molar-refractivity contribution in [1.29, 1.82) is 0 Å². The average molecular weight is 387 g/mol. The molecule has 29 heavy (non-hydrogen) atoms. The molecule has 2 fully saturated rings. The quantitative estimate of drug-likeness (QED) is 0.437. The number of rotatable bonds is 3. The molecule has 2 aliphatic rings. The zero-order chi connectivity index (χ0) is 19.9. The number of benzene rings is 2. The van der Waals surface area contributed by atoms with Crippen LogP contribution in [0.25, 0.3) is 0 Å². The van der Waals surface area contributed by atoms with E-state index in [0.717, 1.165) is 42.7 Å². The highest BCUT2D eigenvalue weighted by Crippen LogP contribution is 2.32. The highest BCUT2D eigenvalue weighted by molar-refractivity contribution is 5.89. The summed E-state index contributed by atoms with van der Waals surface area (Å²) >= 11 is 0. The molecule has 2 aromatic rings. The number of carbonyl (C=O) groups is 1. The van der Waals surface area contributed by atoms with Crippen molar-refractivity contribution in [2.75, 3.05) is 0 Å². The summed E-state index contributed by atoms with van der Waals surface area (Å²) in [4.78, 5) is 12.3. The Hall–Kier alpha value is -2.53. The smallest absolute Gasteiger partial charge is 0.338 e. The highest BCUT2D eigenvalue weighted by atomic mass is 16.5. The molecule has 0 spiro atoms. The Bertz CT molecular complexity index is 855. The fourth-order valence-electron chi connectivity index (χ4n) is 4.51. The summed E-state index contributed by atoms with van der Waals surface area (Å²) in [6, 6.07) is 16.2. The molecule has 0 saturated heterocycles. The van der Waals surface area contributed by atoms with Gasteiger partial charge in [-0.25, -0.2) is 4.79 Å². The minimum absolute atomic E-state index is 0.0901. The van der Waals surface area contributed by atoms with Gasteiger partial charge in [-0.3, -0.25) is 0 Å². The first-order chi connectivity index (χ1) is 14.3. The molecule has 2 saturated carbocycles. The monoisotopic (exact) mass is 386 g/mol. The molecule has 2 aliphatic carbocycles. The second-order valence-corrected chi connectivity index (χ2v) is 8.45. The normalized spacial score (nSPS) is 17.9. The maximum absolute atomic E-state index is 12.3. The van der Waals surface area contributed by atoms with Crippen molar-refractivity contribution in [2.45, 2.75) is 76.2 Å². The Labute approximate surface area is 174 Å². The van der Waals surface area contributed by atoms with Gasteiger partial charge in [0, 0.05) is 11.1 Å². The van der Waals surface area contributed by atoms with Gasteiger partial charge in [-0.05, 0) is 86.4 Å². The topological polar surface area (TPSA) is 26.3 Å². The van der Waals surface area contributed by atoms with Crippen LogP contribution in [-0.2, 0) is 4.74 Å². The van der Waals surface area contributed by atoms with E-state index in [1.807, 2.05) is 24.3 Å². The van der Waals surface area contributed by atoms with Crippen LogP contribution in [0.2, 0.25) is 0 Å². The lowest BCUT2D eigenvalue weighted by Crippen LogP contribution is -2.20. The molecule has 0 bridgehead atoms. The summed E-state index contributed by atoms with van der Waals surface area (Å²) in [6.45, 7) is 0. The number of esters is 1. The van der Waals surface area contributed by atoms with Crippen molar-refractivity contribution in [3.63, 3.8) is 0 Å². The number of hydrogen-bond acceptors (Lipinski definition) is 2. The Morgan fingerprint density at radius 2 is 1.21 bits per heavy atom. The number of hydrogen-bond donors (Lipinski definition) is 0. The molecule has 0 heterocycles. The summed E-state index contributed by atoms with van der Waals surface area (Å²) < 4.78 is 5.63. The second kappa shape index (κ2) is 9.79. The van der Waals surface area contributed by atoms with Gasteiger partial charge in [-0.15, -0.1) is 0 Å². The van der Waals surface area contributed by atoms with Gasteiger partial charge >= 0.3 is 5.97 Å². The van der Waals surface area contributed by atoms with Crippen molar-refractivity contribution in [1.82, 2.24) is 0 Å². The molecule has 0 unspecified atom stereocenters. The molecule has 0 aromatic heterocycles. The third kappa shape index (κ3) is 5.51. The number of carbonyl (C=O) groups excluding carboxylic acids is 1. The lowest BCUT2D eigenvalue weighted by atomic mass is 9.84. The van der Waals surface area contributed by atoms with Crippen LogP contribution in [0.3, 0.4) is 0 Å². The standard InChI is InChI=1S/C27H30O2/c28-27(29-26-9-5-2-6-10-26)25-19-15-22(16-20-25)12-11-21-13-17-24(18-14-21)23-7-3-1-4-8-23/h13-20,23,26H,1-10H2. The van der Waals surface area contributed by atoms with E-state index in [-0.39, 0.29) is 12.1 Å². The van der Waals surface area contributed by atoms with Crippen LogP contribution in [0.15, 0.2) is 48.5 Å². The van der Waals surface area contributed by atoms with Crippen LogP contribution in [0.1, 0.15) is 97.2 Å². The summed E-state index contributed by atoms with van der Waals surface area (Å²) in [5, 5.41) is 0. The van der Waals surface area contributed by atoms with Crippen molar-refractivity contribution in [3.05, 3.63) is 70.8 Å². The van der Waals surface area contributed by atoms with E-state index in [2.05, 4.69) is 36.1 Å². The first-order valence-corrected chi connectivity index (χ1v) is 11.2. The van der Waals surface area contributed by atoms with Crippen molar-refractivity contribution < 1.29 is 9.53 Å². The molecule has 0 radical (unpaired) electrons. The van der Waals surface area contributed by atoms with E-state index in [4.69, 9.17) is 4.74 Å². The summed E-state index contributed by atoms with van der Waals surface area (Å²) in [7, 11) is 0. The zero-order valence-corrected chi connectivity index (χ0v) is 17.2. The Morgan fingerprint density at radius 1 is 0.690 bits per heavy atom. The lowest BCUT2D eigenvalue weighted by molar-refractivity contribution is 0.0211. The molecular formula is C27H30O2. The van der Waals surface area contributed by atoms with Crippen molar-refractivity contribution in [3.8, 4) is 11.8 Å². The minimum Gasteiger partial charge on any atom is -0.459 e. The summed E-state index contributed by atoms with van der Waals surface area (Å²) in [6.07, 6.45) is 12.4. The molecule has 150 valence electrons. The van der Waals surface area contributed by atoms with E-state index >= 15 is 0 Å². The van der Waals surface area contributed by atoms with E-state index in [9.17, 15) is 4.79 Å². The van der Waals surface area contributed by atoms with Crippen molar-refractivity contribution >= 4 is 5.97 Å². The zero-order valence-electron chi connectivity index (χ0n) is 17.2. The summed E-state index contributed by atoms with van der Waals surface area (Å²) in [5.41, 5.74) is 4.01. The molecule has 2 nitrogen and oxygen atoms in total. The van der Waals surface area contributed by atoms with Gasteiger partial charge in [-0.1, -0.05) is 49.7 Å². The predicted molar refractivity (Wildman–Crippen MR) is 117 cm³/mol. The van der Waals surface area contributed by atoms with Gasteiger partial charge in [-0.2, -0.15) is 0 Å². The fraction of sp³-hybridized carbons (Fsp3) is 0.444. The Balaban J connectivity index is 1.35.